The highest BCUT2D eigenvalue weighted by Crippen LogP contribution is 2.28. The summed E-state index contributed by atoms with van der Waals surface area (Å²) in [6, 6.07) is 20.2. The van der Waals surface area contributed by atoms with Gasteiger partial charge >= 0.3 is 0 Å². The van der Waals surface area contributed by atoms with Gasteiger partial charge < -0.3 is 19.0 Å². The van der Waals surface area contributed by atoms with Crippen molar-refractivity contribution in [2.24, 2.45) is 0 Å². The summed E-state index contributed by atoms with van der Waals surface area (Å²) >= 11 is 0. The molecule has 0 saturated carbocycles. The van der Waals surface area contributed by atoms with Gasteiger partial charge in [0.25, 0.3) is 0 Å². The van der Waals surface area contributed by atoms with Gasteiger partial charge in [0.2, 0.25) is 0 Å². The fourth-order valence-corrected chi connectivity index (χ4v) is 3.15. The molecule has 146 valence electrons. The number of rotatable bonds is 14. The van der Waals surface area contributed by atoms with E-state index in [2.05, 4.69) is 19.1 Å². The van der Waals surface area contributed by atoms with E-state index in [0.717, 1.165) is 37.5 Å². The Labute approximate surface area is 162 Å². The van der Waals surface area contributed by atoms with E-state index in [1.54, 1.807) is 0 Å². The number of aldehydes is 1. The van der Waals surface area contributed by atoms with E-state index in [-0.39, 0.29) is 13.6 Å². The van der Waals surface area contributed by atoms with Crippen LogP contribution in [0.4, 0.5) is 0 Å². The molecule has 0 aliphatic heterocycles. The molecule has 0 spiro atoms. The largest absolute Gasteiger partial charge is 0.351 e. The van der Waals surface area contributed by atoms with Gasteiger partial charge in [-0.05, 0) is 30.4 Å². The second-order valence-electron chi connectivity index (χ2n) is 6.71. The highest BCUT2D eigenvalue weighted by Gasteiger charge is 2.29. The smallest absolute Gasteiger partial charge is 0.150 e. The van der Waals surface area contributed by atoms with Crippen molar-refractivity contribution in [1.29, 1.82) is 0 Å². The Morgan fingerprint density at radius 2 is 1.52 bits per heavy atom. The maximum Gasteiger partial charge on any atom is 0.150 e. The van der Waals surface area contributed by atoms with Crippen molar-refractivity contribution in [3.8, 4) is 0 Å². The third kappa shape index (κ3) is 8.04. The molecule has 2 rings (SSSR count). The van der Waals surface area contributed by atoms with E-state index < -0.39 is 5.60 Å². The summed E-state index contributed by atoms with van der Waals surface area (Å²) in [5, 5.41) is 0. The van der Waals surface area contributed by atoms with Gasteiger partial charge in [-0.15, -0.1) is 0 Å². The molecular weight excluding hydrogens is 340 g/mol. The van der Waals surface area contributed by atoms with Crippen LogP contribution in [0.25, 0.3) is 0 Å². The molecule has 0 unspecified atom stereocenters. The van der Waals surface area contributed by atoms with E-state index >= 15 is 0 Å². The molecule has 0 fully saturated rings. The first-order chi connectivity index (χ1) is 13.3. The first-order valence-electron chi connectivity index (χ1n) is 9.59. The molecule has 2 aromatic rings. The lowest BCUT2D eigenvalue weighted by Crippen LogP contribution is -2.35. The lowest BCUT2D eigenvalue weighted by molar-refractivity contribution is -0.188. The molecule has 0 saturated heterocycles. The number of benzene rings is 2. The summed E-state index contributed by atoms with van der Waals surface area (Å²) in [5.74, 6) is 0. The highest BCUT2D eigenvalue weighted by atomic mass is 16.7. The quantitative estimate of drug-likeness (QED) is 0.269. The minimum Gasteiger partial charge on any atom is -0.351 e. The Morgan fingerprint density at radius 1 is 0.852 bits per heavy atom. The van der Waals surface area contributed by atoms with E-state index in [1.807, 2.05) is 48.5 Å². The number of hydrogen-bond acceptors (Lipinski definition) is 4. The Bertz CT molecular complexity index is 629. The van der Waals surface area contributed by atoms with E-state index in [0.29, 0.717) is 13.0 Å². The van der Waals surface area contributed by atoms with Gasteiger partial charge in [-0.1, -0.05) is 74.0 Å². The molecule has 1 atom stereocenters. The van der Waals surface area contributed by atoms with Crippen LogP contribution in [0.1, 0.15) is 43.7 Å². The molecule has 27 heavy (non-hydrogen) atoms. The topological polar surface area (TPSA) is 44.8 Å². The highest BCUT2D eigenvalue weighted by molar-refractivity contribution is 5.51. The molecule has 0 N–H and O–H groups in total. The Morgan fingerprint density at radius 3 is 2.15 bits per heavy atom. The van der Waals surface area contributed by atoms with Crippen molar-refractivity contribution < 1.29 is 19.0 Å². The van der Waals surface area contributed by atoms with E-state index in [4.69, 9.17) is 14.2 Å². The molecular formula is C23H30O4. The Balaban J connectivity index is 1.77. The predicted octanol–water partition coefficient (Wildman–Crippen LogP) is 4.91. The zero-order chi connectivity index (χ0) is 19.2. The van der Waals surface area contributed by atoms with Crippen molar-refractivity contribution in [3.63, 3.8) is 0 Å². The summed E-state index contributed by atoms with van der Waals surface area (Å²) in [4.78, 5) is 11.3. The minimum absolute atomic E-state index is 0.122. The van der Waals surface area contributed by atoms with Gasteiger partial charge in [0.15, 0.2) is 0 Å². The first kappa shape index (κ1) is 21.3. The van der Waals surface area contributed by atoms with Gasteiger partial charge in [0.1, 0.15) is 19.9 Å². The number of ether oxygens (including phenoxy) is 3. The van der Waals surface area contributed by atoms with Crippen molar-refractivity contribution in [2.75, 3.05) is 13.6 Å². The van der Waals surface area contributed by atoms with Crippen molar-refractivity contribution in [2.45, 2.75) is 51.2 Å². The lowest BCUT2D eigenvalue weighted by Gasteiger charge is -2.32. The summed E-state index contributed by atoms with van der Waals surface area (Å²) < 4.78 is 17.1. The van der Waals surface area contributed by atoms with Crippen molar-refractivity contribution in [3.05, 3.63) is 71.8 Å². The monoisotopic (exact) mass is 370 g/mol. The molecule has 0 amide bonds. The second kappa shape index (κ2) is 12.4. The minimum atomic E-state index is -0.480. The van der Waals surface area contributed by atoms with Crippen LogP contribution in [0.5, 0.6) is 0 Å². The van der Waals surface area contributed by atoms with Crippen LogP contribution < -0.4 is 0 Å². The van der Waals surface area contributed by atoms with Gasteiger partial charge in [-0.25, -0.2) is 0 Å². The Hall–Kier alpha value is -2.01. The third-order valence-corrected chi connectivity index (χ3v) is 4.60. The molecule has 0 aliphatic carbocycles. The summed E-state index contributed by atoms with van der Waals surface area (Å²) in [5.41, 5.74) is 1.87. The standard InChI is InChI=1S/C23H30O4/c1-2-14-23(16-17-24,15-13-21-9-5-3-6-10-21)27-20-26-19-25-18-22-11-7-4-8-12-22/h3-12,17H,2,13-16,18-20H2,1H3/t23-/m1/s1. The molecule has 0 aliphatic rings. The first-order valence-corrected chi connectivity index (χ1v) is 9.59. The fraction of sp³-hybridized carbons (Fsp3) is 0.435. The third-order valence-electron chi connectivity index (χ3n) is 4.60. The number of hydrogen-bond donors (Lipinski definition) is 0. The van der Waals surface area contributed by atoms with Crippen LogP contribution in [0.15, 0.2) is 60.7 Å². The number of carbonyl (C=O) groups is 1. The summed E-state index contributed by atoms with van der Waals surface area (Å²) in [6.07, 6.45) is 4.77. The van der Waals surface area contributed by atoms with Crippen LogP contribution in [0.2, 0.25) is 0 Å². The van der Waals surface area contributed by atoms with Crippen molar-refractivity contribution in [1.82, 2.24) is 0 Å². The zero-order valence-electron chi connectivity index (χ0n) is 16.1. The van der Waals surface area contributed by atoms with Gasteiger partial charge in [0, 0.05) is 6.42 Å². The van der Waals surface area contributed by atoms with Gasteiger partial charge in [0.05, 0.1) is 12.2 Å². The van der Waals surface area contributed by atoms with Crippen LogP contribution >= 0.6 is 0 Å². The van der Waals surface area contributed by atoms with Gasteiger partial charge in [-0.2, -0.15) is 0 Å². The van der Waals surface area contributed by atoms with Gasteiger partial charge in [-0.3, -0.25) is 0 Å². The maximum absolute atomic E-state index is 11.3. The summed E-state index contributed by atoms with van der Waals surface area (Å²) in [6.45, 7) is 2.90. The lowest BCUT2D eigenvalue weighted by atomic mass is 9.87. The van der Waals surface area contributed by atoms with E-state index in [1.165, 1.54) is 5.56 Å². The van der Waals surface area contributed by atoms with Crippen molar-refractivity contribution >= 4 is 6.29 Å². The van der Waals surface area contributed by atoms with Crippen LogP contribution in [0.3, 0.4) is 0 Å². The zero-order valence-corrected chi connectivity index (χ0v) is 16.1. The molecule has 4 heteroatoms. The summed E-state index contributed by atoms with van der Waals surface area (Å²) in [7, 11) is 0. The predicted molar refractivity (Wildman–Crippen MR) is 106 cm³/mol. The van der Waals surface area contributed by atoms with Crippen LogP contribution in [-0.4, -0.2) is 25.5 Å². The average Bonchev–Trinajstić information content (AvgIpc) is 2.71. The Kier molecular flexibility index (Phi) is 9.77. The molecule has 4 nitrogen and oxygen atoms in total. The molecule has 0 aromatic heterocycles. The maximum atomic E-state index is 11.3. The molecule has 0 radical (unpaired) electrons. The van der Waals surface area contributed by atoms with Crippen LogP contribution in [0, 0.1) is 0 Å². The second-order valence-corrected chi connectivity index (χ2v) is 6.71. The SMILES string of the molecule is CCC[C@](CC=O)(CCc1ccccc1)OCOCOCc1ccccc1. The number of aryl methyl sites for hydroxylation is 1. The van der Waals surface area contributed by atoms with Crippen LogP contribution in [-0.2, 0) is 32.0 Å². The van der Waals surface area contributed by atoms with E-state index in [9.17, 15) is 4.79 Å². The average molecular weight is 370 g/mol. The molecule has 2 aromatic carbocycles. The fourth-order valence-electron chi connectivity index (χ4n) is 3.15. The normalized spacial score (nSPS) is 13.2. The number of carbonyl (C=O) groups excluding carboxylic acids is 1. The molecule has 0 heterocycles. The molecule has 0 bridgehead atoms.